The van der Waals surface area contributed by atoms with E-state index in [0.717, 1.165) is 5.56 Å². The number of hydrogen-bond acceptors (Lipinski definition) is 2. The molecule has 1 N–H and O–H groups in total. The second kappa shape index (κ2) is 5.80. The van der Waals surface area contributed by atoms with Gasteiger partial charge in [-0.2, -0.15) is 0 Å². The monoisotopic (exact) mass is 192 g/mol. The van der Waals surface area contributed by atoms with E-state index in [4.69, 9.17) is 9.84 Å². The fourth-order valence-corrected chi connectivity index (χ4v) is 0.936. The van der Waals surface area contributed by atoms with E-state index in [0.29, 0.717) is 6.61 Å². The summed E-state index contributed by atoms with van der Waals surface area (Å²) in [7, 11) is 0. The molecule has 1 aromatic rings. The average Bonchev–Trinajstić information content (AvgIpc) is 2.18. The SMILES string of the molecule is O=C(O)C/C=C\OCc1ccccc1. The van der Waals surface area contributed by atoms with E-state index < -0.39 is 5.97 Å². The summed E-state index contributed by atoms with van der Waals surface area (Å²) in [5.74, 6) is -0.857. The standard InChI is InChI=1S/C11H12O3/c12-11(13)7-4-8-14-9-10-5-2-1-3-6-10/h1-6,8H,7,9H2,(H,12,13)/b8-4-. The molecule has 0 aliphatic heterocycles. The zero-order valence-corrected chi connectivity index (χ0v) is 7.72. The van der Waals surface area contributed by atoms with Crippen molar-refractivity contribution in [3.05, 3.63) is 48.2 Å². The van der Waals surface area contributed by atoms with Gasteiger partial charge in [-0.3, -0.25) is 4.79 Å². The number of hydrogen-bond donors (Lipinski definition) is 1. The van der Waals surface area contributed by atoms with Crippen LogP contribution in [0.15, 0.2) is 42.7 Å². The van der Waals surface area contributed by atoms with Crippen LogP contribution in [0.4, 0.5) is 0 Å². The first kappa shape index (κ1) is 10.3. The molecule has 0 amide bonds. The quantitative estimate of drug-likeness (QED) is 0.727. The van der Waals surface area contributed by atoms with Crippen LogP contribution >= 0.6 is 0 Å². The molecule has 3 nitrogen and oxygen atoms in total. The first-order chi connectivity index (χ1) is 6.79. The Balaban J connectivity index is 2.22. The van der Waals surface area contributed by atoms with Gasteiger partial charge >= 0.3 is 5.97 Å². The van der Waals surface area contributed by atoms with Crippen molar-refractivity contribution in [2.45, 2.75) is 13.0 Å². The molecule has 0 spiro atoms. The summed E-state index contributed by atoms with van der Waals surface area (Å²) in [6.07, 6.45) is 2.89. The highest BCUT2D eigenvalue weighted by Crippen LogP contribution is 2.00. The Morgan fingerprint density at radius 3 is 2.71 bits per heavy atom. The van der Waals surface area contributed by atoms with Gasteiger partial charge in [-0.1, -0.05) is 30.3 Å². The third-order valence-corrected chi connectivity index (χ3v) is 1.58. The highest BCUT2D eigenvalue weighted by atomic mass is 16.5. The van der Waals surface area contributed by atoms with Crippen molar-refractivity contribution in [3.63, 3.8) is 0 Å². The Morgan fingerprint density at radius 2 is 2.07 bits per heavy atom. The van der Waals surface area contributed by atoms with Crippen molar-refractivity contribution in [2.24, 2.45) is 0 Å². The van der Waals surface area contributed by atoms with Gasteiger partial charge in [0.1, 0.15) is 6.61 Å². The molecule has 3 heteroatoms. The number of benzene rings is 1. The molecule has 0 heterocycles. The number of carboxylic acid groups (broad SMARTS) is 1. The Hall–Kier alpha value is -1.77. The highest BCUT2D eigenvalue weighted by Gasteiger charge is 1.90. The molecule has 14 heavy (non-hydrogen) atoms. The topological polar surface area (TPSA) is 46.5 Å². The molecule has 0 saturated carbocycles. The summed E-state index contributed by atoms with van der Waals surface area (Å²) in [6, 6.07) is 9.69. The minimum Gasteiger partial charge on any atom is -0.497 e. The van der Waals surface area contributed by atoms with Crippen LogP contribution in [0.5, 0.6) is 0 Å². The van der Waals surface area contributed by atoms with E-state index in [1.807, 2.05) is 30.3 Å². The maximum Gasteiger partial charge on any atom is 0.307 e. The van der Waals surface area contributed by atoms with Crippen LogP contribution in [-0.4, -0.2) is 11.1 Å². The average molecular weight is 192 g/mol. The van der Waals surface area contributed by atoms with Crippen molar-refractivity contribution in [2.75, 3.05) is 0 Å². The van der Waals surface area contributed by atoms with Gasteiger partial charge in [-0.15, -0.1) is 0 Å². The lowest BCUT2D eigenvalue weighted by Gasteiger charge is -1.99. The lowest BCUT2D eigenvalue weighted by atomic mass is 10.2. The smallest absolute Gasteiger partial charge is 0.307 e. The predicted octanol–water partition coefficient (Wildman–Crippen LogP) is 2.19. The van der Waals surface area contributed by atoms with Gasteiger partial charge in [0.25, 0.3) is 0 Å². The van der Waals surface area contributed by atoms with Crippen LogP contribution in [0.25, 0.3) is 0 Å². The van der Waals surface area contributed by atoms with Crippen LogP contribution in [0.3, 0.4) is 0 Å². The van der Waals surface area contributed by atoms with Crippen LogP contribution in [0, 0.1) is 0 Å². The Bertz CT molecular complexity index is 304. The molecule has 0 fully saturated rings. The molecule has 0 aromatic heterocycles. The largest absolute Gasteiger partial charge is 0.497 e. The van der Waals surface area contributed by atoms with Gasteiger partial charge in [-0.25, -0.2) is 0 Å². The van der Waals surface area contributed by atoms with Crippen LogP contribution in [0.2, 0.25) is 0 Å². The molecule has 1 rings (SSSR count). The van der Waals surface area contributed by atoms with Gasteiger partial charge in [0, 0.05) is 0 Å². The normalized spacial score (nSPS) is 10.3. The molecule has 0 atom stereocenters. The van der Waals surface area contributed by atoms with Crippen LogP contribution in [-0.2, 0) is 16.1 Å². The van der Waals surface area contributed by atoms with Crippen molar-refractivity contribution in [1.29, 1.82) is 0 Å². The predicted molar refractivity (Wildman–Crippen MR) is 52.6 cm³/mol. The molecule has 0 saturated heterocycles. The third kappa shape index (κ3) is 4.30. The van der Waals surface area contributed by atoms with Gasteiger partial charge in [0.2, 0.25) is 0 Å². The van der Waals surface area contributed by atoms with Gasteiger partial charge in [0.05, 0.1) is 12.7 Å². The molecular formula is C11H12O3. The van der Waals surface area contributed by atoms with E-state index in [-0.39, 0.29) is 6.42 Å². The first-order valence-electron chi connectivity index (χ1n) is 4.31. The van der Waals surface area contributed by atoms with E-state index in [9.17, 15) is 4.79 Å². The number of rotatable bonds is 5. The Morgan fingerprint density at radius 1 is 1.36 bits per heavy atom. The maximum atomic E-state index is 10.1. The van der Waals surface area contributed by atoms with E-state index in [1.165, 1.54) is 12.3 Å². The van der Waals surface area contributed by atoms with Crippen molar-refractivity contribution in [1.82, 2.24) is 0 Å². The fraction of sp³-hybridized carbons (Fsp3) is 0.182. The fourth-order valence-electron chi connectivity index (χ4n) is 0.936. The van der Waals surface area contributed by atoms with Crippen molar-refractivity contribution >= 4 is 5.97 Å². The van der Waals surface area contributed by atoms with E-state index in [1.54, 1.807) is 0 Å². The van der Waals surface area contributed by atoms with Crippen LogP contribution in [0.1, 0.15) is 12.0 Å². The van der Waals surface area contributed by atoms with E-state index >= 15 is 0 Å². The minimum atomic E-state index is -0.857. The van der Waals surface area contributed by atoms with Crippen LogP contribution < -0.4 is 0 Å². The number of carbonyl (C=O) groups is 1. The molecule has 1 aromatic carbocycles. The second-order valence-electron chi connectivity index (χ2n) is 2.77. The Labute approximate surface area is 82.6 Å². The lowest BCUT2D eigenvalue weighted by molar-refractivity contribution is -0.136. The number of carboxylic acids is 1. The zero-order valence-electron chi connectivity index (χ0n) is 7.72. The summed E-state index contributed by atoms with van der Waals surface area (Å²) in [6.45, 7) is 0.469. The summed E-state index contributed by atoms with van der Waals surface area (Å²) in [5.41, 5.74) is 1.06. The van der Waals surface area contributed by atoms with Gasteiger partial charge in [0.15, 0.2) is 0 Å². The maximum absolute atomic E-state index is 10.1. The zero-order chi connectivity index (χ0) is 10.2. The summed E-state index contributed by atoms with van der Waals surface area (Å²) >= 11 is 0. The minimum absolute atomic E-state index is 0.00517. The Kier molecular flexibility index (Phi) is 4.27. The molecule has 0 aliphatic carbocycles. The van der Waals surface area contributed by atoms with E-state index in [2.05, 4.69) is 0 Å². The van der Waals surface area contributed by atoms with Crippen molar-refractivity contribution in [3.8, 4) is 0 Å². The highest BCUT2D eigenvalue weighted by molar-refractivity contribution is 5.68. The van der Waals surface area contributed by atoms with Gasteiger partial charge < -0.3 is 9.84 Å². The van der Waals surface area contributed by atoms with Crippen molar-refractivity contribution < 1.29 is 14.6 Å². The number of aliphatic carboxylic acids is 1. The molecular weight excluding hydrogens is 180 g/mol. The molecule has 0 aliphatic rings. The number of ether oxygens (including phenoxy) is 1. The lowest BCUT2D eigenvalue weighted by Crippen LogP contribution is -1.90. The first-order valence-corrected chi connectivity index (χ1v) is 4.31. The van der Waals surface area contributed by atoms with Gasteiger partial charge in [-0.05, 0) is 11.6 Å². The molecule has 74 valence electrons. The molecule has 0 bridgehead atoms. The summed E-state index contributed by atoms with van der Waals surface area (Å²) in [5, 5.41) is 8.32. The summed E-state index contributed by atoms with van der Waals surface area (Å²) in [4.78, 5) is 10.1. The molecule has 0 unspecified atom stereocenters. The second-order valence-corrected chi connectivity index (χ2v) is 2.77. The summed E-state index contributed by atoms with van der Waals surface area (Å²) < 4.78 is 5.13. The molecule has 0 radical (unpaired) electrons. The third-order valence-electron chi connectivity index (χ3n) is 1.58.